The Morgan fingerprint density at radius 2 is 1.71 bits per heavy atom. The van der Waals surface area contributed by atoms with Crippen LogP contribution in [0.1, 0.15) is 22.7 Å². The topological polar surface area (TPSA) is 52.2 Å². The minimum absolute atomic E-state index is 0.0632. The molecule has 0 aromatic heterocycles. The zero-order valence-electron chi connectivity index (χ0n) is 17.4. The Morgan fingerprint density at radius 3 is 2.39 bits per heavy atom. The van der Waals surface area contributed by atoms with Crippen molar-refractivity contribution in [2.24, 2.45) is 0 Å². The van der Waals surface area contributed by atoms with E-state index >= 15 is 0 Å². The first-order chi connectivity index (χ1) is 13.6. The molecule has 0 radical (unpaired) electrons. The third-order valence-electron chi connectivity index (χ3n) is 5.04. The molecule has 1 atom stereocenters. The van der Waals surface area contributed by atoms with Gasteiger partial charge in [-0.3, -0.25) is 0 Å². The standard InChI is InChI=1S/C22H30N2O4/c1-24(2)12-13-28-18-8-6-15(14-20(18)26-4)21-16-7-9-19(25-3)22(27-5)17(16)10-11-23-21/h6-9,14,21,23H,10-13H2,1-5H3. The lowest BCUT2D eigenvalue weighted by atomic mass is 9.89. The zero-order valence-corrected chi connectivity index (χ0v) is 17.4. The Morgan fingerprint density at radius 1 is 0.964 bits per heavy atom. The van der Waals surface area contributed by atoms with E-state index in [-0.39, 0.29) is 6.04 Å². The molecule has 1 aliphatic rings. The summed E-state index contributed by atoms with van der Waals surface area (Å²) in [5.74, 6) is 3.09. The van der Waals surface area contributed by atoms with Gasteiger partial charge in [-0.1, -0.05) is 12.1 Å². The molecule has 0 fully saturated rings. The van der Waals surface area contributed by atoms with Gasteiger partial charge in [-0.2, -0.15) is 0 Å². The number of likely N-dealkylation sites (N-methyl/N-ethyl adjacent to an activating group) is 1. The van der Waals surface area contributed by atoms with Crippen LogP contribution >= 0.6 is 0 Å². The predicted octanol–water partition coefficient (Wildman–Crippen LogP) is 2.89. The maximum Gasteiger partial charge on any atom is 0.164 e. The molecular weight excluding hydrogens is 356 g/mol. The summed E-state index contributed by atoms with van der Waals surface area (Å²) in [5, 5.41) is 3.61. The minimum atomic E-state index is 0.0632. The van der Waals surface area contributed by atoms with Crippen molar-refractivity contribution >= 4 is 0 Å². The minimum Gasteiger partial charge on any atom is -0.493 e. The summed E-state index contributed by atoms with van der Waals surface area (Å²) in [7, 11) is 9.09. The molecule has 2 aromatic rings. The van der Waals surface area contributed by atoms with Crippen molar-refractivity contribution in [1.82, 2.24) is 10.2 Å². The summed E-state index contributed by atoms with van der Waals surface area (Å²) in [6, 6.07) is 10.3. The molecule has 6 nitrogen and oxygen atoms in total. The number of hydrogen-bond acceptors (Lipinski definition) is 6. The van der Waals surface area contributed by atoms with E-state index in [9.17, 15) is 0 Å². The first-order valence-corrected chi connectivity index (χ1v) is 9.51. The first-order valence-electron chi connectivity index (χ1n) is 9.51. The van der Waals surface area contributed by atoms with Gasteiger partial charge in [0, 0.05) is 18.7 Å². The summed E-state index contributed by atoms with van der Waals surface area (Å²) in [6.07, 6.45) is 0.898. The van der Waals surface area contributed by atoms with E-state index in [1.807, 2.05) is 26.2 Å². The van der Waals surface area contributed by atoms with E-state index in [2.05, 4.69) is 28.4 Å². The Labute approximate surface area is 167 Å². The van der Waals surface area contributed by atoms with Crippen LogP contribution in [0.4, 0.5) is 0 Å². The van der Waals surface area contributed by atoms with E-state index in [4.69, 9.17) is 18.9 Å². The average molecular weight is 386 g/mol. The maximum atomic E-state index is 5.89. The normalized spacial score (nSPS) is 15.9. The number of hydrogen-bond donors (Lipinski definition) is 1. The quantitative estimate of drug-likeness (QED) is 0.753. The molecule has 0 spiro atoms. The fourth-order valence-corrected chi connectivity index (χ4v) is 3.60. The van der Waals surface area contributed by atoms with E-state index < -0.39 is 0 Å². The molecule has 0 amide bonds. The van der Waals surface area contributed by atoms with Crippen molar-refractivity contribution in [2.75, 3.05) is 55.1 Å². The highest BCUT2D eigenvalue weighted by Gasteiger charge is 2.26. The number of fused-ring (bicyclic) bond motifs is 1. The van der Waals surface area contributed by atoms with Crippen molar-refractivity contribution in [1.29, 1.82) is 0 Å². The van der Waals surface area contributed by atoms with Crippen LogP contribution in [0, 0.1) is 0 Å². The summed E-state index contributed by atoms with van der Waals surface area (Å²) in [6.45, 7) is 2.33. The summed E-state index contributed by atoms with van der Waals surface area (Å²) < 4.78 is 22.6. The third kappa shape index (κ3) is 4.18. The van der Waals surface area contributed by atoms with Crippen LogP contribution in [-0.2, 0) is 6.42 Å². The van der Waals surface area contributed by atoms with Gasteiger partial charge < -0.3 is 29.2 Å². The Bertz CT molecular complexity index is 807. The fourth-order valence-electron chi connectivity index (χ4n) is 3.60. The highest BCUT2D eigenvalue weighted by atomic mass is 16.5. The van der Waals surface area contributed by atoms with Crippen molar-refractivity contribution in [3.8, 4) is 23.0 Å². The van der Waals surface area contributed by atoms with Crippen LogP contribution in [0.5, 0.6) is 23.0 Å². The second kappa shape index (κ2) is 9.17. The molecule has 1 aliphatic heterocycles. The summed E-state index contributed by atoms with van der Waals surface area (Å²) >= 11 is 0. The molecule has 0 saturated carbocycles. The molecule has 28 heavy (non-hydrogen) atoms. The highest BCUT2D eigenvalue weighted by Crippen LogP contribution is 2.41. The Balaban J connectivity index is 1.91. The number of benzene rings is 2. The molecule has 1 heterocycles. The van der Waals surface area contributed by atoms with E-state index in [1.165, 1.54) is 11.1 Å². The van der Waals surface area contributed by atoms with Crippen molar-refractivity contribution in [3.05, 3.63) is 47.0 Å². The van der Waals surface area contributed by atoms with Crippen LogP contribution in [0.2, 0.25) is 0 Å². The summed E-state index contributed by atoms with van der Waals surface area (Å²) in [5.41, 5.74) is 3.52. The third-order valence-corrected chi connectivity index (χ3v) is 5.04. The van der Waals surface area contributed by atoms with Gasteiger partial charge >= 0.3 is 0 Å². The zero-order chi connectivity index (χ0) is 20.1. The molecular formula is C22H30N2O4. The van der Waals surface area contributed by atoms with Crippen LogP contribution in [0.25, 0.3) is 0 Å². The molecule has 6 heteroatoms. The predicted molar refractivity (Wildman–Crippen MR) is 110 cm³/mol. The lowest BCUT2D eigenvalue weighted by Crippen LogP contribution is -2.31. The van der Waals surface area contributed by atoms with Crippen LogP contribution in [0.15, 0.2) is 30.3 Å². The van der Waals surface area contributed by atoms with Gasteiger partial charge in [0.25, 0.3) is 0 Å². The molecule has 0 saturated heterocycles. The average Bonchev–Trinajstić information content (AvgIpc) is 2.72. The lowest BCUT2D eigenvalue weighted by Gasteiger charge is -2.29. The Hall–Kier alpha value is -2.44. The first kappa shape index (κ1) is 20.3. The molecule has 0 aliphatic carbocycles. The molecule has 152 valence electrons. The van der Waals surface area contributed by atoms with Crippen LogP contribution in [-0.4, -0.2) is 60.0 Å². The van der Waals surface area contributed by atoms with E-state index in [1.54, 1.807) is 21.3 Å². The van der Waals surface area contributed by atoms with E-state index in [0.717, 1.165) is 48.1 Å². The van der Waals surface area contributed by atoms with Crippen LogP contribution in [0.3, 0.4) is 0 Å². The van der Waals surface area contributed by atoms with Gasteiger partial charge in [0.15, 0.2) is 23.0 Å². The smallest absolute Gasteiger partial charge is 0.164 e. The van der Waals surface area contributed by atoms with Crippen molar-refractivity contribution < 1.29 is 18.9 Å². The monoisotopic (exact) mass is 386 g/mol. The van der Waals surface area contributed by atoms with Crippen LogP contribution < -0.4 is 24.3 Å². The number of methoxy groups -OCH3 is 3. The molecule has 2 aromatic carbocycles. The lowest BCUT2D eigenvalue weighted by molar-refractivity contribution is 0.250. The van der Waals surface area contributed by atoms with Gasteiger partial charge in [0.05, 0.1) is 27.4 Å². The molecule has 1 unspecified atom stereocenters. The summed E-state index contributed by atoms with van der Waals surface area (Å²) in [4.78, 5) is 2.09. The number of nitrogens with one attached hydrogen (secondary N) is 1. The molecule has 0 bridgehead atoms. The largest absolute Gasteiger partial charge is 0.493 e. The van der Waals surface area contributed by atoms with Gasteiger partial charge in [0.2, 0.25) is 0 Å². The Kier molecular flexibility index (Phi) is 6.65. The maximum absolute atomic E-state index is 5.89. The number of nitrogens with zero attached hydrogens (tertiary/aromatic N) is 1. The van der Waals surface area contributed by atoms with Crippen molar-refractivity contribution in [3.63, 3.8) is 0 Å². The number of ether oxygens (including phenoxy) is 4. The van der Waals surface area contributed by atoms with Gasteiger partial charge in [-0.05, 0) is 49.8 Å². The van der Waals surface area contributed by atoms with E-state index in [0.29, 0.717) is 6.61 Å². The van der Waals surface area contributed by atoms with Gasteiger partial charge in [-0.25, -0.2) is 0 Å². The SMILES string of the molecule is COc1cc(C2NCCc3c2ccc(OC)c3OC)ccc1OCCN(C)C. The fraction of sp³-hybridized carbons (Fsp3) is 0.455. The van der Waals surface area contributed by atoms with Gasteiger partial charge in [0.1, 0.15) is 6.61 Å². The highest BCUT2D eigenvalue weighted by molar-refractivity contribution is 5.55. The second-order valence-electron chi connectivity index (χ2n) is 7.07. The van der Waals surface area contributed by atoms with Crippen molar-refractivity contribution in [2.45, 2.75) is 12.5 Å². The molecule has 3 rings (SSSR count). The molecule has 1 N–H and O–H groups in total. The second-order valence-corrected chi connectivity index (χ2v) is 7.07. The number of rotatable bonds is 8. The van der Waals surface area contributed by atoms with Gasteiger partial charge in [-0.15, -0.1) is 0 Å².